The van der Waals surface area contributed by atoms with Gasteiger partial charge >= 0.3 is 12.3 Å². The summed E-state index contributed by atoms with van der Waals surface area (Å²) in [6, 6.07) is -0.811. The Balaban J connectivity index is 2.30. The van der Waals surface area contributed by atoms with Crippen LogP contribution in [-0.4, -0.2) is 37.4 Å². The van der Waals surface area contributed by atoms with E-state index in [2.05, 4.69) is 15.4 Å². The number of halogens is 3. The zero-order valence-electron chi connectivity index (χ0n) is 8.26. The quantitative estimate of drug-likeness (QED) is 0.740. The average molecular weight is 240 g/mol. The van der Waals surface area contributed by atoms with Gasteiger partial charge in [0.1, 0.15) is 6.04 Å². The first kappa shape index (κ1) is 12.6. The molecule has 0 spiro atoms. The Labute approximate surface area is 89.3 Å². The molecule has 16 heavy (non-hydrogen) atoms. The van der Waals surface area contributed by atoms with E-state index in [4.69, 9.17) is 0 Å². The minimum Gasteiger partial charge on any atom is -0.440 e. The van der Waals surface area contributed by atoms with Crippen molar-refractivity contribution in [3.8, 4) is 0 Å². The van der Waals surface area contributed by atoms with Gasteiger partial charge in [-0.15, -0.1) is 0 Å². The minimum atomic E-state index is -4.56. The van der Waals surface area contributed by atoms with Crippen molar-refractivity contribution >= 4 is 12.0 Å². The van der Waals surface area contributed by atoms with Crippen LogP contribution in [0.1, 0.15) is 12.8 Å². The molecule has 1 aliphatic heterocycles. The highest BCUT2D eigenvalue weighted by atomic mass is 19.4. The van der Waals surface area contributed by atoms with Gasteiger partial charge in [0.05, 0.1) is 0 Å². The SMILES string of the molecule is O=C(NC1CCCNC1=O)OCC(F)(F)F. The van der Waals surface area contributed by atoms with Crippen LogP contribution in [0, 0.1) is 0 Å². The van der Waals surface area contributed by atoms with E-state index in [1.807, 2.05) is 0 Å². The van der Waals surface area contributed by atoms with Crippen molar-refractivity contribution in [2.75, 3.05) is 13.2 Å². The third-order valence-electron chi connectivity index (χ3n) is 1.94. The fourth-order valence-electron chi connectivity index (χ4n) is 1.24. The molecule has 2 N–H and O–H groups in total. The highest BCUT2D eigenvalue weighted by Gasteiger charge is 2.31. The topological polar surface area (TPSA) is 67.4 Å². The van der Waals surface area contributed by atoms with E-state index in [-0.39, 0.29) is 0 Å². The zero-order valence-corrected chi connectivity index (χ0v) is 8.26. The molecule has 0 aromatic heterocycles. The van der Waals surface area contributed by atoms with Crippen LogP contribution in [-0.2, 0) is 9.53 Å². The third-order valence-corrected chi connectivity index (χ3v) is 1.94. The molecule has 92 valence electrons. The lowest BCUT2D eigenvalue weighted by Gasteiger charge is -2.22. The summed E-state index contributed by atoms with van der Waals surface area (Å²) >= 11 is 0. The summed E-state index contributed by atoms with van der Waals surface area (Å²) in [6.07, 6.45) is -4.74. The van der Waals surface area contributed by atoms with Crippen molar-refractivity contribution in [1.82, 2.24) is 10.6 Å². The number of ether oxygens (including phenoxy) is 1. The zero-order chi connectivity index (χ0) is 12.2. The Morgan fingerprint density at radius 2 is 2.25 bits per heavy atom. The van der Waals surface area contributed by atoms with Crippen molar-refractivity contribution < 1.29 is 27.5 Å². The molecule has 1 heterocycles. The van der Waals surface area contributed by atoms with Crippen LogP contribution in [0.25, 0.3) is 0 Å². The molecular weight excluding hydrogens is 229 g/mol. The number of piperidine rings is 1. The summed E-state index contributed by atoms with van der Waals surface area (Å²) < 4.78 is 39.0. The third kappa shape index (κ3) is 4.37. The van der Waals surface area contributed by atoms with Gasteiger partial charge in [0.2, 0.25) is 5.91 Å². The van der Waals surface area contributed by atoms with E-state index in [1.165, 1.54) is 0 Å². The lowest BCUT2D eigenvalue weighted by molar-refractivity contribution is -0.160. The lowest BCUT2D eigenvalue weighted by atomic mass is 10.1. The largest absolute Gasteiger partial charge is 0.440 e. The summed E-state index contributed by atoms with van der Waals surface area (Å²) in [6.45, 7) is -1.15. The molecule has 5 nitrogen and oxygen atoms in total. The number of amides is 2. The van der Waals surface area contributed by atoms with E-state index >= 15 is 0 Å². The second-order valence-corrected chi connectivity index (χ2v) is 3.32. The van der Waals surface area contributed by atoms with Crippen LogP contribution in [0.4, 0.5) is 18.0 Å². The van der Waals surface area contributed by atoms with Gasteiger partial charge in [-0.1, -0.05) is 0 Å². The predicted octanol–water partition coefficient (Wildman–Crippen LogP) is 0.554. The van der Waals surface area contributed by atoms with Crippen LogP contribution in [0.15, 0.2) is 0 Å². The first-order valence-corrected chi connectivity index (χ1v) is 4.66. The highest BCUT2D eigenvalue weighted by Crippen LogP contribution is 2.14. The number of alkyl carbamates (subject to hydrolysis) is 1. The maximum absolute atomic E-state index is 11.7. The normalized spacial score (nSPS) is 21.2. The first-order chi connectivity index (χ1) is 7.38. The molecule has 0 bridgehead atoms. The monoisotopic (exact) mass is 240 g/mol. The number of nitrogens with one attached hydrogen (secondary N) is 2. The van der Waals surface area contributed by atoms with Gasteiger partial charge in [0, 0.05) is 6.54 Å². The van der Waals surface area contributed by atoms with Gasteiger partial charge in [0.25, 0.3) is 0 Å². The Hall–Kier alpha value is -1.47. The van der Waals surface area contributed by atoms with Gasteiger partial charge in [-0.25, -0.2) is 4.79 Å². The molecule has 0 saturated carbocycles. The van der Waals surface area contributed by atoms with Crippen molar-refractivity contribution in [2.45, 2.75) is 25.1 Å². The number of hydrogen-bond donors (Lipinski definition) is 2. The Morgan fingerprint density at radius 3 is 2.81 bits per heavy atom. The number of rotatable bonds is 2. The van der Waals surface area contributed by atoms with E-state index in [0.29, 0.717) is 19.4 Å². The summed E-state index contributed by atoms with van der Waals surface area (Å²) in [5.74, 6) is -0.407. The Kier molecular flexibility index (Phi) is 3.97. The molecule has 8 heteroatoms. The fourth-order valence-corrected chi connectivity index (χ4v) is 1.24. The summed E-state index contributed by atoms with van der Waals surface area (Å²) in [7, 11) is 0. The van der Waals surface area contributed by atoms with E-state index in [0.717, 1.165) is 0 Å². The van der Waals surface area contributed by atoms with Crippen molar-refractivity contribution in [3.63, 3.8) is 0 Å². The van der Waals surface area contributed by atoms with Gasteiger partial charge in [0.15, 0.2) is 6.61 Å². The first-order valence-electron chi connectivity index (χ1n) is 4.66. The molecule has 1 atom stereocenters. The summed E-state index contributed by atoms with van der Waals surface area (Å²) in [5, 5.41) is 4.55. The standard InChI is InChI=1S/C8H11F3N2O3/c9-8(10,11)4-16-7(15)13-5-2-1-3-12-6(5)14/h5H,1-4H2,(H,12,14)(H,13,15). The highest BCUT2D eigenvalue weighted by molar-refractivity contribution is 5.86. The molecule has 1 saturated heterocycles. The molecule has 2 amide bonds. The molecule has 1 unspecified atom stereocenters. The van der Waals surface area contributed by atoms with Crippen LogP contribution in [0.5, 0.6) is 0 Å². The Bertz CT molecular complexity index is 280. The van der Waals surface area contributed by atoms with Gasteiger partial charge in [-0.05, 0) is 12.8 Å². The smallest absolute Gasteiger partial charge is 0.422 e. The minimum absolute atomic E-state index is 0.396. The maximum Gasteiger partial charge on any atom is 0.422 e. The summed E-state index contributed by atoms with van der Waals surface area (Å²) in [5.41, 5.74) is 0. The number of alkyl halides is 3. The molecule has 0 aromatic carbocycles. The number of carbonyl (C=O) groups excluding carboxylic acids is 2. The van der Waals surface area contributed by atoms with Crippen molar-refractivity contribution in [3.05, 3.63) is 0 Å². The predicted molar refractivity (Wildman–Crippen MR) is 46.6 cm³/mol. The van der Waals surface area contributed by atoms with Crippen molar-refractivity contribution in [1.29, 1.82) is 0 Å². The summed E-state index contributed by atoms with van der Waals surface area (Å²) in [4.78, 5) is 22.0. The van der Waals surface area contributed by atoms with Crippen LogP contribution >= 0.6 is 0 Å². The van der Waals surface area contributed by atoms with Gasteiger partial charge in [-0.2, -0.15) is 13.2 Å². The van der Waals surface area contributed by atoms with E-state index < -0.39 is 30.8 Å². The molecule has 1 fully saturated rings. The van der Waals surface area contributed by atoms with Crippen LogP contribution in [0.2, 0.25) is 0 Å². The average Bonchev–Trinajstić information content (AvgIpc) is 2.18. The molecule has 1 rings (SSSR count). The lowest BCUT2D eigenvalue weighted by Crippen LogP contribution is -2.50. The maximum atomic E-state index is 11.7. The van der Waals surface area contributed by atoms with E-state index in [9.17, 15) is 22.8 Å². The Morgan fingerprint density at radius 1 is 1.56 bits per heavy atom. The van der Waals surface area contributed by atoms with Crippen molar-refractivity contribution in [2.24, 2.45) is 0 Å². The molecule has 0 radical (unpaired) electrons. The molecule has 0 aliphatic carbocycles. The van der Waals surface area contributed by atoms with E-state index in [1.54, 1.807) is 0 Å². The molecule has 0 aromatic rings. The second kappa shape index (κ2) is 5.04. The van der Waals surface area contributed by atoms with Gasteiger partial charge in [-0.3, -0.25) is 4.79 Å². The van der Waals surface area contributed by atoms with Crippen LogP contribution in [0.3, 0.4) is 0 Å². The van der Waals surface area contributed by atoms with Gasteiger partial charge < -0.3 is 15.4 Å². The molecule has 1 aliphatic rings. The fraction of sp³-hybridized carbons (Fsp3) is 0.750. The molecular formula is C8H11F3N2O3. The van der Waals surface area contributed by atoms with Crippen LogP contribution < -0.4 is 10.6 Å². The number of hydrogen-bond acceptors (Lipinski definition) is 3. The number of carbonyl (C=O) groups is 2. The second-order valence-electron chi connectivity index (χ2n) is 3.32.